The average Bonchev–Trinajstić information content (AvgIpc) is 2.87. The first-order chi connectivity index (χ1) is 10.4. The predicted molar refractivity (Wildman–Crippen MR) is 76.4 cm³/mol. The number of carboxylic acids is 2. The van der Waals surface area contributed by atoms with Crippen LogP contribution in [0.25, 0.3) is 10.9 Å². The highest BCUT2D eigenvalue weighted by Gasteiger charge is 2.41. The summed E-state index contributed by atoms with van der Waals surface area (Å²) in [4.78, 5) is 35.7. The van der Waals surface area contributed by atoms with Crippen molar-refractivity contribution >= 4 is 22.8 Å². The molecule has 1 aromatic carbocycles. The highest BCUT2D eigenvalue weighted by atomic mass is 16.4. The van der Waals surface area contributed by atoms with E-state index < -0.39 is 30.0 Å². The van der Waals surface area contributed by atoms with Crippen LogP contribution in [0, 0.1) is 4.91 Å². The second-order valence-corrected chi connectivity index (χ2v) is 5.04. The van der Waals surface area contributed by atoms with Gasteiger partial charge in [-0.3, -0.25) is 0 Å². The molecular weight excluding hydrogens is 292 g/mol. The number of H-pyrrole nitrogens is 1. The van der Waals surface area contributed by atoms with Crippen LogP contribution in [0.5, 0.6) is 0 Å². The summed E-state index contributed by atoms with van der Waals surface area (Å²) in [7, 11) is 0. The number of aliphatic carboxylic acids is 2. The highest BCUT2D eigenvalue weighted by Crippen LogP contribution is 2.26. The summed E-state index contributed by atoms with van der Waals surface area (Å²) in [5.41, 5.74) is -1.13. The van der Waals surface area contributed by atoms with Gasteiger partial charge in [0.25, 0.3) is 0 Å². The van der Waals surface area contributed by atoms with Crippen molar-refractivity contribution < 1.29 is 24.9 Å². The molecule has 0 aliphatic heterocycles. The van der Waals surface area contributed by atoms with E-state index in [1.54, 1.807) is 30.5 Å². The van der Waals surface area contributed by atoms with Gasteiger partial charge >= 0.3 is 11.9 Å². The van der Waals surface area contributed by atoms with Crippen LogP contribution in [-0.4, -0.2) is 43.9 Å². The molecule has 2 rings (SSSR count). The topological polar surface area (TPSA) is 140 Å². The number of aromatic nitrogens is 1. The zero-order valence-electron chi connectivity index (χ0n) is 11.4. The first kappa shape index (κ1) is 15.6. The Labute approximate surface area is 124 Å². The summed E-state index contributed by atoms with van der Waals surface area (Å²) in [6, 6.07) is 5.25. The van der Waals surface area contributed by atoms with Crippen LogP contribution in [0.1, 0.15) is 12.0 Å². The summed E-state index contributed by atoms with van der Waals surface area (Å²) in [6.45, 7) is 0. The summed E-state index contributed by atoms with van der Waals surface area (Å²) >= 11 is 0. The predicted octanol–water partition coefficient (Wildman–Crippen LogP) is 1.14. The fourth-order valence-corrected chi connectivity index (χ4v) is 2.32. The molecule has 0 bridgehead atoms. The lowest BCUT2D eigenvalue weighted by molar-refractivity contribution is -0.160. The Morgan fingerprint density at radius 3 is 2.55 bits per heavy atom. The lowest BCUT2D eigenvalue weighted by Gasteiger charge is -2.24. The quantitative estimate of drug-likeness (QED) is 0.565. The minimum atomic E-state index is -2.40. The number of nitroso groups, excluding NO2 is 1. The maximum atomic E-state index is 11.4. The number of carboxylic acid groups (broad SMARTS) is 2. The SMILES string of the molecule is O=NC(C[C@@](O)(Cc1c[nH]c2ccccc12)C(=O)O)C(=O)O. The third-order valence-electron chi connectivity index (χ3n) is 3.50. The first-order valence-electron chi connectivity index (χ1n) is 6.43. The van der Waals surface area contributed by atoms with Gasteiger partial charge in [-0.05, 0) is 11.6 Å². The lowest BCUT2D eigenvalue weighted by atomic mass is 9.88. The molecule has 8 heteroatoms. The Bertz CT molecular complexity index is 725. The van der Waals surface area contributed by atoms with Crippen LogP contribution >= 0.6 is 0 Å². The van der Waals surface area contributed by atoms with Crippen LogP contribution in [0.3, 0.4) is 0 Å². The summed E-state index contributed by atoms with van der Waals surface area (Å²) < 4.78 is 0. The molecule has 0 fully saturated rings. The number of aliphatic hydroxyl groups is 1. The van der Waals surface area contributed by atoms with E-state index in [1.807, 2.05) is 0 Å². The van der Waals surface area contributed by atoms with E-state index in [9.17, 15) is 24.7 Å². The van der Waals surface area contributed by atoms with E-state index in [-0.39, 0.29) is 6.42 Å². The molecule has 1 aromatic heterocycles. The lowest BCUT2D eigenvalue weighted by Crippen LogP contribution is -2.45. The number of hydrogen-bond acceptors (Lipinski definition) is 5. The Hall–Kier alpha value is -2.74. The largest absolute Gasteiger partial charge is 0.480 e. The molecule has 0 amide bonds. The molecule has 0 aliphatic rings. The van der Waals surface area contributed by atoms with Gasteiger partial charge in [0, 0.05) is 29.9 Å². The molecule has 1 unspecified atom stereocenters. The normalized spacial score (nSPS) is 15.1. The molecule has 4 N–H and O–H groups in total. The van der Waals surface area contributed by atoms with Crippen molar-refractivity contribution in [2.75, 3.05) is 0 Å². The Balaban J connectivity index is 2.34. The van der Waals surface area contributed by atoms with E-state index >= 15 is 0 Å². The second kappa shape index (κ2) is 5.94. The fraction of sp³-hybridized carbons (Fsp3) is 0.286. The molecule has 0 aliphatic carbocycles. The van der Waals surface area contributed by atoms with Gasteiger partial charge < -0.3 is 20.3 Å². The first-order valence-corrected chi connectivity index (χ1v) is 6.43. The van der Waals surface area contributed by atoms with Crippen molar-refractivity contribution in [3.8, 4) is 0 Å². The maximum absolute atomic E-state index is 11.4. The second-order valence-electron chi connectivity index (χ2n) is 5.04. The van der Waals surface area contributed by atoms with E-state index in [4.69, 9.17) is 5.11 Å². The molecule has 2 atom stereocenters. The Morgan fingerprint density at radius 1 is 1.27 bits per heavy atom. The van der Waals surface area contributed by atoms with Gasteiger partial charge in [0.15, 0.2) is 11.6 Å². The van der Waals surface area contributed by atoms with Gasteiger partial charge in [-0.2, -0.15) is 0 Å². The number of hydrogen-bond donors (Lipinski definition) is 4. The average molecular weight is 306 g/mol. The summed E-state index contributed by atoms with van der Waals surface area (Å²) in [6.07, 6.45) is 0.398. The molecule has 2 aromatic rings. The van der Waals surface area contributed by atoms with Crippen LogP contribution in [0.15, 0.2) is 35.6 Å². The number of nitrogens with one attached hydrogen (secondary N) is 1. The fourth-order valence-electron chi connectivity index (χ4n) is 2.32. The smallest absolute Gasteiger partial charge is 0.336 e. The van der Waals surface area contributed by atoms with Crippen molar-refractivity contribution in [2.45, 2.75) is 24.5 Å². The number of nitrogens with zero attached hydrogens (tertiary/aromatic N) is 1. The zero-order valence-corrected chi connectivity index (χ0v) is 11.4. The monoisotopic (exact) mass is 306 g/mol. The number of carbonyl (C=O) groups is 2. The molecule has 0 saturated carbocycles. The highest BCUT2D eigenvalue weighted by molar-refractivity contribution is 5.85. The number of para-hydroxylation sites is 1. The van der Waals surface area contributed by atoms with Gasteiger partial charge in [-0.15, -0.1) is 4.91 Å². The van der Waals surface area contributed by atoms with Crippen LogP contribution in [0.4, 0.5) is 0 Å². The van der Waals surface area contributed by atoms with Crippen molar-refractivity contribution in [3.63, 3.8) is 0 Å². The van der Waals surface area contributed by atoms with Gasteiger partial charge in [0.1, 0.15) is 0 Å². The van der Waals surface area contributed by atoms with Crippen LogP contribution < -0.4 is 0 Å². The third-order valence-corrected chi connectivity index (χ3v) is 3.50. The number of aromatic amines is 1. The number of benzene rings is 1. The minimum absolute atomic E-state index is 0.342. The minimum Gasteiger partial charge on any atom is -0.480 e. The van der Waals surface area contributed by atoms with Crippen LogP contribution in [-0.2, 0) is 16.0 Å². The van der Waals surface area contributed by atoms with E-state index in [0.29, 0.717) is 10.9 Å². The molecule has 0 radical (unpaired) electrons. The molecule has 22 heavy (non-hydrogen) atoms. The Morgan fingerprint density at radius 2 is 1.95 bits per heavy atom. The molecule has 116 valence electrons. The third kappa shape index (κ3) is 2.96. The van der Waals surface area contributed by atoms with E-state index in [0.717, 1.165) is 5.52 Å². The molecule has 0 spiro atoms. The number of rotatable bonds is 7. The maximum Gasteiger partial charge on any atom is 0.336 e. The molecule has 0 saturated heterocycles. The van der Waals surface area contributed by atoms with Gasteiger partial charge in [-0.1, -0.05) is 23.4 Å². The van der Waals surface area contributed by atoms with Crippen molar-refractivity contribution in [1.82, 2.24) is 4.98 Å². The molecule has 8 nitrogen and oxygen atoms in total. The summed E-state index contributed by atoms with van der Waals surface area (Å²) in [5, 5.41) is 31.4. The summed E-state index contributed by atoms with van der Waals surface area (Å²) in [5.74, 6) is -3.18. The van der Waals surface area contributed by atoms with Crippen molar-refractivity contribution in [1.29, 1.82) is 0 Å². The van der Waals surface area contributed by atoms with Crippen molar-refractivity contribution in [2.24, 2.45) is 5.18 Å². The van der Waals surface area contributed by atoms with Gasteiger partial charge in [-0.25, -0.2) is 9.59 Å². The van der Waals surface area contributed by atoms with Crippen molar-refractivity contribution in [3.05, 3.63) is 40.9 Å². The van der Waals surface area contributed by atoms with Gasteiger partial charge in [0.05, 0.1) is 0 Å². The van der Waals surface area contributed by atoms with E-state index in [2.05, 4.69) is 10.2 Å². The molecular formula is C14H14N2O6. The zero-order chi connectivity index (χ0) is 16.3. The van der Waals surface area contributed by atoms with Gasteiger partial charge in [0.2, 0.25) is 0 Å². The molecule has 1 heterocycles. The number of fused-ring (bicyclic) bond motifs is 1. The Kier molecular flexibility index (Phi) is 4.22. The van der Waals surface area contributed by atoms with E-state index in [1.165, 1.54) is 0 Å². The van der Waals surface area contributed by atoms with Crippen LogP contribution in [0.2, 0.25) is 0 Å². The standard InChI is InChI=1S/C14H14N2O6/c17-12(18)11(16-22)6-14(21,13(19)20)5-8-7-15-10-4-2-1-3-9(8)10/h1-4,7,11,15,21H,5-6H2,(H,17,18)(H,19,20)/t11?,14-/m0/s1.